The zero-order valence-corrected chi connectivity index (χ0v) is 8.73. The molecule has 1 aromatic carbocycles. The van der Waals surface area contributed by atoms with Crippen molar-refractivity contribution in [2.45, 2.75) is 19.4 Å². The van der Waals surface area contributed by atoms with Crippen molar-refractivity contribution in [3.05, 3.63) is 35.6 Å². The third-order valence-corrected chi connectivity index (χ3v) is 2.59. The molecule has 3 N–H and O–H groups in total. The van der Waals surface area contributed by atoms with Crippen molar-refractivity contribution in [1.82, 2.24) is 0 Å². The van der Waals surface area contributed by atoms with Crippen LogP contribution in [0, 0.1) is 0 Å². The molecule has 2 rings (SSSR count). The molecule has 3 nitrogen and oxygen atoms in total. The maximum absolute atomic E-state index is 9.84. The van der Waals surface area contributed by atoms with E-state index in [0.29, 0.717) is 0 Å². The molecule has 0 amide bonds. The number of furan rings is 1. The molecule has 0 fully saturated rings. The van der Waals surface area contributed by atoms with Crippen LogP contribution in [0.15, 0.2) is 28.7 Å². The summed E-state index contributed by atoms with van der Waals surface area (Å²) in [6.07, 6.45) is 0.129. The van der Waals surface area contributed by atoms with Gasteiger partial charge in [-0.1, -0.05) is 25.1 Å². The Morgan fingerprint density at radius 3 is 2.80 bits per heavy atom. The van der Waals surface area contributed by atoms with Gasteiger partial charge in [0, 0.05) is 23.9 Å². The molecule has 80 valence electrons. The van der Waals surface area contributed by atoms with Gasteiger partial charge in [0.1, 0.15) is 11.3 Å². The largest absolute Gasteiger partial charge is 0.461 e. The number of aryl methyl sites for hydroxylation is 1. The second kappa shape index (κ2) is 4.04. The van der Waals surface area contributed by atoms with E-state index >= 15 is 0 Å². The molecule has 0 aliphatic rings. The second-order valence-electron chi connectivity index (χ2n) is 3.54. The Morgan fingerprint density at radius 1 is 1.40 bits per heavy atom. The molecule has 1 atom stereocenters. The zero-order valence-electron chi connectivity index (χ0n) is 8.73. The van der Waals surface area contributed by atoms with Crippen molar-refractivity contribution in [3.8, 4) is 0 Å². The third-order valence-electron chi connectivity index (χ3n) is 2.59. The van der Waals surface area contributed by atoms with Gasteiger partial charge < -0.3 is 15.3 Å². The molecule has 0 saturated heterocycles. The number of benzene rings is 1. The highest BCUT2D eigenvalue weighted by molar-refractivity contribution is 5.82. The Hall–Kier alpha value is -1.32. The molecule has 0 aliphatic heterocycles. The molecule has 0 spiro atoms. The Bertz CT molecular complexity index is 462. The lowest BCUT2D eigenvalue weighted by molar-refractivity contribution is 0.185. The summed E-state index contributed by atoms with van der Waals surface area (Å²) in [5.41, 5.74) is 7.15. The SMILES string of the molecule is CCc1oc2ccccc2c1C(O)CN. The van der Waals surface area contributed by atoms with Crippen molar-refractivity contribution in [3.63, 3.8) is 0 Å². The van der Waals surface area contributed by atoms with Gasteiger partial charge in [-0.25, -0.2) is 0 Å². The molecule has 1 heterocycles. The summed E-state index contributed by atoms with van der Waals surface area (Å²) in [4.78, 5) is 0. The van der Waals surface area contributed by atoms with Crippen LogP contribution in [0.5, 0.6) is 0 Å². The van der Waals surface area contributed by atoms with E-state index in [0.717, 1.165) is 28.7 Å². The summed E-state index contributed by atoms with van der Waals surface area (Å²) in [7, 11) is 0. The summed E-state index contributed by atoms with van der Waals surface area (Å²) in [5, 5.41) is 10.8. The smallest absolute Gasteiger partial charge is 0.134 e. The van der Waals surface area contributed by atoms with Crippen LogP contribution in [0.2, 0.25) is 0 Å². The van der Waals surface area contributed by atoms with Gasteiger partial charge in [0.25, 0.3) is 0 Å². The number of nitrogens with two attached hydrogens (primary N) is 1. The van der Waals surface area contributed by atoms with Crippen molar-refractivity contribution >= 4 is 11.0 Å². The zero-order chi connectivity index (χ0) is 10.8. The minimum atomic E-state index is -0.636. The fourth-order valence-corrected chi connectivity index (χ4v) is 1.86. The molecule has 3 heteroatoms. The quantitative estimate of drug-likeness (QED) is 0.805. The summed E-state index contributed by atoms with van der Waals surface area (Å²) < 4.78 is 5.66. The fourth-order valence-electron chi connectivity index (χ4n) is 1.86. The predicted octanol–water partition coefficient (Wildman–Crippen LogP) is 1.99. The molecular formula is C12H15NO2. The van der Waals surface area contributed by atoms with Crippen LogP contribution < -0.4 is 5.73 Å². The Morgan fingerprint density at radius 2 is 2.13 bits per heavy atom. The van der Waals surface area contributed by atoms with Crippen molar-refractivity contribution in [2.75, 3.05) is 6.54 Å². The van der Waals surface area contributed by atoms with Crippen LogP contribution >= 0.6 is 0 Å². The van der Waals surface area contributed by atoms with Crippen LogP contribution in [-0.4, -0.2) is 11.7 Å². The summed E-state index contributed by atoms with van der Waals surface area (Å²) >= 11 is 0. The standard InChI is InChI=1S/C12H15NO2/c1-2-10-12(9(14)7-13)8-5-3-4-6-11(8)15-10/h3-6,9,14H,2,7,13H2,1H3. The van der Waals surface area contributed by atoms with Crippen LogP contribution in [0.25, 0.3) is 11.0 Å². The molecule has 0 bridgehead atoms. The lowest BCUT2D eigenvalue weighted by atomic mass is 10.0. The fraction of sp³-hybridized carbons (Fsp3) is 0.333. The van der Waals surface area contributed by atoms with Crippen LogP contribution in [0.1, 0.15) is 24.4 Å². The van der Waals surface area contributed by atoms with Gasteiger partial charge in [-0.15, -0.1) is 0 Å². The summed E-state index contributed by atoms with van der Waals surface area (Å²) in [6, 6.07) is 7.71. The van der Waals surface area contributed by atoms with E-state index in [1.165, 1.54) is 0 Å². The maximum Gasteiger partial charge on any atom is 0.134 e. The molecule has 0 radical (unpaired) electrons. The highest BCUT2D eigenvalue weighted by Crippen LogP contribution is 2.30. The van der Waals surface area contributed by atoms with Crippen LogP contribution in [-0.2, 0) is 6.42 Å². The van der Waals surface area contributed by atoms with E-state index < -0.39 is 6.10 Å². The number of para-hydroxylation sites is 1. The molecular weight excluding hydrogens is 190 g/mol. The van der Waals surface area contributed by atoms with Gasteiger partial charge in [-0.3, -0.25) is 0 Å². The topological polar surface area (TPSA) is 59.4 Å². The van der Waals surface area contributed by atoms with Gasteiger partial charge >= 0.3 is 0 Å². The van der Waals surface area contributed by atoms with Crippen molar-refractivity contribution in [2.24, 2.45) is 5.73 Å². The summed E-state index contributed by atoms with van der Waals surface area (Å²) in [6.45, 7) is 2.22. The molecule has 2 aromatic rings. The first kappa shape index (κ1) is 10.2. The Labute approximate surface area is 88.5 Å². The maximum atomic E-state index is 9.84. The minimum Gasteiger partial charge on any atom is -0.461 e. The van der Waals surface area contributed by atoms with Crippen molar-refractivity contribution < 1.29 is 9.52 Å². The molecule has 0 aliphatic carbocycles. The van der Waals surface area contributed by atoms with E-state index in [9.17, 15) is 5.11 Å². The molecule has 0 saturated carbocycles. The molecule has 15 heavy (non-hydrogen) atoms. The van der Waals surface area contributed by atoms with E-state index in [-0.39, 0.29) is 6.54 Å². The number of aliphatic hydroxyl groups is 1. The summed E-state index contributed by atoms with van der Waals surface area (Å²) in [5.74, 6) is 0.828. The third kappa shape index (κ3) is 1.64. The van der Waals surface area contributed by atoms with Gasteiger partial charge in [-0.05, 0) is 6.07 Å². The first-order valence-corrected chi connectivity index (χ1v) is 5.16. The number of rotatable bonds is 3. The highest BCUT2D eigenvalue weighted by Gasteiger charge is 2.18. The average Bonchev–Trinajstić information content (AvgIpc) is 2.66. The molecule has 1 aromatic heterocycles. The second-order valence-corrected chi connectivity index (χ2v) is 3.54. The normalized spacial score (nSPS) is 13.3. The van der Waals surface area contributed by atoms with Gasteiger partial charge in [0.05, 0.1) is 6.10 Å². The lowest BCUT2D eigenvalue weighted by Crippen LogP contribution is -2.12. The molecule has 1 unspecified atom stereocenters. The Balaban J connectivity index is 2.66. The van der Waals surface area contributed by atoms with Crippen LogP contribution in [0.3, 0.4) is 0 Å². The minimum absolute atomic E-state index is 0.219. The van der Waals surface area contributed by atoms with E-state index in [1.54, 1.807) is 0 Å². The monoisotopic (exact) mass is 205 g/mol. The van der Waals surface area contributed by atoms with Gasteiger partial charge in [0.15, 0.2) is 0 Å². The first-order valence-electron chi connectivity index (χ1n) is 5.16. The average molecular weight is 205 g/mol. The number of hydrogen-bond acceptors (Lipinski definition) is 3. The number of fused-ring (bicyclic) bond motifs is 1. The van der Waals surface area contributed by atoms with E-state index in [1.807, 2.05) is 31.2 Å². The predicted molar refractivity (Wildman–Crippen MR) is 59.6 cm³/mol. The highest BCUT2D eigenvalue weighted by atomic mass is 16.3. The lowest BCUT2D eigenvalue weighted by Gasteiger charge is -2.07. The van der Waals surface area contributed by atoms with E-state index in [4.69, 9.17) is 10.2 Å². The Kier molecular flexibility index (Phi) is 2.75. The van der Waals surface area contributed by atoms with Crippen LogP contribution in [0.4, 0.5) is 0 Å². The van der Waals surface area contributed by atoms with E-state index in [2.05, 4.69) is 0 Å². The van der Waals surface area contributed by atoms with Crippen molar-refractivity contribution in [1.29, 1.82) is 0 Å². The first-order chi connectivity index (χ1) is 7.27. The number of hydrogen-bond donors (Lipinski definition) is 2. The van der Waals surface area contributed by atoms with Gasteiger partial charge in [-0.2, -0.15) is 0 Å². The number of aliphatic hydroxyl groups excluding tert-OH is 1. The van der Waals surface area contributed by atoms with Gasteiger partial charge in [0.2, 0.25) is 0 Å².